The molecular weight excluding hydrogens is 320 g/mol. The average molecular weight is 332 g/mol. The van der Waals surface area contributed by atoms with Crippen LogP contribution in [0.15, 0.2) is 75.9 Å². The minimum Gasteiger partial charge on any atom is -0.478 e. The Bertz CT molecular complexity index is 1110. The topological polar surface area (TPSA) is 76.7 Å². The Balaban J connectivity index is 2.01. The number of benzene rings is 3. The average Bonchev–Trinajstić information content (AvgIpc) is 2.63. The second kappa shape index (κ2) is 5.79. The van der Waals surface area contributed by atoms with Gasteiger partial charge in [-0.15, -0.1) is 0 Å². The van der Waals surface area contributed by atoms with Gasteiger partial charge in [0, 0.05) is 5.39 Å². The molecule has 5 heteroatoms. The number of hydrogen-bond acceptors (Lipinski definition) is 4. The number of fused-ring (bicyclic) bond motifs is 2. The minimum atomic E-state index is -1.19. The molecule has 2 aromatic rings. The van der Waals surface area contributed by atoms with E-state index in [0.717, 1.165) is 0 Å². The molecule has 0 saturated carbocycles. The minimum absolute atomic E-state index is 0.000342. The fourth-order valence-electron chi connectivity index (χ4n) is 2.80. The van der Waals surface area contributed by atoms with Crippen LogP contribution in [0.5, 0.6) is 11.5 Å². The van der Waals surface area contributed by atoms with Gasteiger partial charge in [-0.2, -0.15) is 0 Å². The molecule has 0 aromatic heterocycles. The molecule has 0 saturated heterocycles. The van der Waals surface area contributed by atoms with Gasteiger partial charge in [0.2, 0.25) is 5.43 Å². The molecule has 1 N–H and O–H groups in total. The summed E-state index contributed by atoms with van der Waals surface area (Å²) < 4.78 is 11.3. The van der Waals surface area contributed by atoms with Crippen molar-refractivity contribution in [3.05, 3.63) is 82.5 Å². The molecule has 0 unspecified atom stereocenters. The molecule has 0 fully saturated rings. The zero-order valence-corrected chi connectivity index (χ0v) is 12.9. The Morgan fingerprint density at radius 2 is 1.64 bits per heavy atom. The van der Waals surface area contributed by atoms with Crippen molar-refractivity contribution in [3.8, 4) is 22.8 Å². The molecule has 2 aromatic carbocycles. The fraction of sp³-hybridized carbons (Fsp3) is 0. The largest absolute Gasteiger partial charge is 0.478 e. The van der Waals surface area contributed by atoms with Crippen LogP contribution in [0.4, 0.5) is 0 Å². The second-order valence-electron chi connectivity index (χ2n) is 5.46. The molecule has 1 heterocycles. The van der Waals surface area contributed by atoms with Crippen LogP contribution in [0.2, 0.25) is 0 Å². The first-order chi connectivity index (χ1) is 12.1. The van der Waals surface area contributed by atoms with E-state index in [1.807, 2.05) is 6.07 Å². The van der Waals surface area contributed by atoms with Gasteiger partial charge in [0.15, 0.2) is 5.75 Å². The van der Waals surface area contributed by atoms with Crippen molar-refractivity contribution < 1.29 is 19.1 Å². The predicted octanol–water partition coefficient (Wildman–Crippen LogP) is 4.39. The molecule has 1 aliphatic carbocycles. The first-order valence-corrected chi connectivity index (χ1v) is 7.60. The van der Waals surface area contributed by atoms with Crippen LogP contribution < -0.4 is 10.2 Å². The third-order valence-corrected chi connectivity index (χ3v) is 3.89. The molecule has 25 heavy (non-hydrogen) atoms. The highest BCUT2D eigenvalue weighted by Crippen LogP contribution is 2.33. The van der Waals surface area contributed by atoms with Crippen molar-refractivity contribution in [2.24, 2.45) is 0 Å². The lowest BCUT2D eigenvalue weighted by Gasteiger charge is -2.13. The zero-order valence-electron chi connectivity index (χ0n) is 12.9. The monoisotopic (exact) mass is 332 g/mol. The normalized spacial score (nSPS) is 10.9. The molecule has 0 radical (unpaired) electrons. The number of carboxylic acids is 1. The third-order valence-electron chi connectivity index (χ3n) is 3.89. The van der Waals surface area contributed by atoms with Gasteiger partial charge in [0.1, 0.15) is 17.1 Å². The van der Waals surface area contributed by atoms with Gasteiger partial charge in [-0.25, -0.2) is 4.79 Å². The first kappa shape index (κ1) is 15.0. The van der Waals surface area contributed by atoms with E-state index in [-0.39, 0.29) is 22.6 Å². The number of para-hydroxylation sites is 2. The summed E-state index contributed by atoms with van der Waals surface area (Å²) in [6, 6.07) is 18.6. The van der Waals surface area contributed by atoms with Crippen LogP contribution in [-0.2, 0) is 0 Å². The van der Waals surface area contributed by atoms with Crippen LogP contribution in [-0.4, -0.2) is 11.1 Å². The summed E-state index contributed by atoms with van der Waals surface area (Å²) in [6.45, 7) is 0. The summed E-state index contributed by atoms with van der Waals surface area (Å²) in [4.78, 5) is 24.7. The molecular formula is C20H12O5. The molecule has 0 spiro atoms. The summed E-state index contributed by atoms with van der Waals surface area (Å²) in [7, 11) is 0. The Morgan fingerprint density at radius 1 is 0.920 bits per heavy atom. The van der Waals surface area contributed by atoms with Crippen LogP contribution in [0.3, 0.4) is 0 Å². The highest BCUT2D eigenvalue weighted by molar-refractivity contribution is 6.08. The van der Waals surface area contributed by atoms with Crippen molar-refractivity contribution in [1.82, 2.24) is 0 Å². The highest BCUT2D eigenvalue weighted by atomic mass is 16.5. The lowest BCUT2D eigenvalue weighted by Crippen LogP contribution is -2.14. The van der Waals surface area contributed by atoms with E-state index in [1.54, 1.807) is 54.6 Å². The summed E-state index contributed by atoms with van der Waals surface area (Å²) in [5.41, 5.74) is -0.197. The molecule has 1 aliphatic heterocycles. The SMILES string of the molecule is O=C(O)c1c2c(=O)c(Oc3ccccc3)ccc-2oc2ccccc12. The maximum Gasteiger partial charge on any atom is 0.337 e. The van der Waals surface area contributed by atoms with E-state index in [0.29, 0.717) is 16.7 Å². The third kappa shape index (κ3) is 2.52. The van der Waals surface area contributed by atoms with E-state index in [2.05, 4.69) is 0 Å². The van der Waals surface area contributed by atoms with Gasteiger partial charge >= 0.3 is 5.97 Å². The molecule has 122 valence electrons. The van der Waals surface area contributed by atoms with Gasteiger partial charge in [-0.1, -0.05) is 36.4 Å². The first-order valence-electron chi connectivity index (χ1n) is 7.60. The van der Waals surface area contributed by atoms with E-state index in [1.165, 1.54) is 6.07 Å². The Kier molecular flexibility index (Phi) is 3.47. The fourth-order valence-corrected chi connectivity index (χ4v) is 2.80. The number of aromatic carboxylic acids is 1. The van der Waals surface area contributed by atoms with Gasteiger partial charge in [0.05, 0.1) is 11.1 Å². The van der Waals surface area contributed by atoms with E-state index >= 15 is 0 Å². The molecule has 0 atom stereocenters. The van der Waals surface area contributed by atoms with Crippen LogP contribution in [0, 0.1) is 0 Å². The van der Waals surface area contributed by atoms with Crippen molar-refractivity contribution in [2.75, 3.05) is 0 Å². The molecule has 4 rings (SSSR count). The van der Waals surface area contributed by atoms with Crippen LogP contribution in [0.25, 0.3) is 22.3 Å². The molecule has 0 amide bonds. The second-order valence-corrected chi connectivity index (χ2v) is 5.46. The smallest absolute Gasteiger partial charge is 0.337 e. The van der Waals surface area contributed by atoms with Crippen LogP contribution in [0.1, 0.15) is 10.4 Å². The quantitative estimate of drug-likeness (QED) is 0.563. The van der Waals surface area contributed by atoms with E-state index in [9.17, 15) is 14.7 Å². The van der Waals surface area contributed by atoms with Crippen molar-refractivity contribution >= 4 is 16.9 Å². The van der Waals surface area contributed by atoms with Crippen molar-refractivity contribution in [2.45, 2.75) is 0 Å². The van der Waals surface area contributed by atoms with Gasteiger partial charge in [-0.05, 0) is 30.3 Å². The standard InChI is InChI=1S/C20H12O5/c21-19-16(24-12-6-2-1-3-7-12)11-10-15-18(19)17(20(22)23)13-8-4-5-9-14(13)25-15/h1-11H,(H,22,23). The lowest BCUT2D eigenvalue weighted by molar-refractivity contribution is 0.0699. The summed E-state index contributed by atoms with van der Waals surface area (Å²) in [6.07, 6.45) is 0. The van der Waals surface area contributed by atoms with Gasteiger partial charge in [0.25, 0.3) is 0 Å². The van der Waals surface area contributed by atoms with E-state index in [4.69, 9.17) is 9.15 Å². The van der Waals surface area contributed by atoms with E-state index < -0.39 is 11.4 Å². The number of ether oxygens (including phenoxy) is 1. The number of carbonyl (C=O) groups is 1. The van der Waals surface area contributed by atoms with Gasteiger partial charge in [-0.3, -0.25) is 4.79 Å². The van der Waals surface area contributed by atoms with Crippen LogP contribution >= 0.6 is 0 Å². The maximum absolute atomic E-state index is 12.9. The lowest BCUT2D eigenvalue weighted by atomic mass is 9.99. The molecule has 5 nitrogen and oxygen atoms in total. The maximum atomic E-state index is 12.9. The summed E-state index contributed by atoms with van der Waals surface area (Å²) >= 11 is 0. The number of hydrogen-bond donors (Lipinski definition) is 1. The number of rotatable bonds is 3. The number of carboxylic acid groups (broad SMARTS) is 1. The molecule has 2 aliphatic rings. The zero-order chi connectivity index (χ0) is 17.4. The Hall–Kier alpha value is -3.60. The summed E-state index contributed by atoms with van der Waals surface area (Å²) in [5.74, 6) is -0.437. The Labute approximate surface area is 142 Å². The van der Waals surface area contributed by atoms with Crippen molar-refractivity contribution in [1.29, 1.82) is 0 Å². The van der Waals surface area contributed by atoms with Crippen molar-refractivity contribution in [3.63, 3.8) is 0 Å². The summed E-state index contributed by atoms with van der Waals surface area (Å²) in [5, 5.41) is 10.0. The predicted molar refractivity (Wildman–Crippen MR) is 92.6 cm³/mol. The van der Waals surface area contributed by atoms with Gasteiger partial charge < -0.3 is 14.3 Å². The Morgan fingerprint density at radius 3 is 2.40 bits per heavy atom. The highest BCUT2D eigenvalue weighted by Gasteiger charge is 2.25. The molecule has 0 bridgehead atoms.